The SMILES string of the molecule is CC(NCC1(C)CCCC1)C(=O)O. The monoisotopic (exact) mass is 185 g/mol. The van der Waals surface area contributed by atoms with Crippen LogP contribution in [0.4, 0.5) is 0 Å². The summed E-state index contributed by atoms with van der Waals surface area (Å²) < 4.78 is 0. The molecule has 1 atom stereocenters. The Kier molecular flexibility index (Phi) is 3.31. The quantitative estimate of drug-likeness (QED) is 0.700. The summed E-state index contributed by atoms with van der Waals surface area (Å²) >= 11 is 0. The molecule has 0 saturated heterocycles. The van der Waals surface area contributed by atoms with Crippen molar-refractivity contribution in [2.24, 2.45) is 5.41 Å². The van der Waals surface area contributed by atoms with Crippen LogP contribution in [0.1, 0.15) is 39.5 Å². The van der Waals surface area contributed by atoms with Gasteiger partial charge in [0.1, 0.15) is 6.04 Å². The van der Waals surface area contributed by atoms with Crippen LogP contribution in [0.2, 0.25) is 0 Å². The van der Waals surface area contributed by atoms with Gasteiger partial charge in [-0.1, -0.05) is 19.8 Å². The first kappa shape index (κ1) is 10.5. The van der Waals surface area contributed by atoms with Crippen LogP contribution in [0.5, 0.6) is 0 Å². The minimum atomic E-state index is -0.762. The van der Waals surface area contributed by atoms with E-state index in [1.54, 1.807) is 6.92 Å². The molecule has 1 rings (SSSR count). The smallest absolute Gasteiger partial charge is 0.320 e. The number of carboxylic acid groups (broad SMARTS) is 1. The molecule has 3 heteroatoms. The average molecular weight is 185 g/mol. The number of hydrogen-bond donors (Lipinski definition) is 2. The van der Waals surface area contributed by atoms with Gasteiger partial charge in [0.2, 0.25) is 0 Å². The van der Waals surface area contributed by atoms with E-state index in [-0.39, 0.29) is 0 Å². The third kappa shape index (κ3) is 2.99. The molecule has 0 radical (unpaired) electrons. The van der Waals surface area contributed by atoms with E-state index in [9.17, 15) is 4.79 Å². The maximum Gasteiger partial charge on any atom is 0.320 e. The van der Waals surface area contributed by atoms with E-state index in [0.717, 1.165) is 6.54 Å². The molecule has 0 aromatic carbocycles. The predicted octanol–water partition coefficient (Wildman–Crippen LogP) is 1.63. The molecule has 0 aromatic rings. The van der Waals surface area contributed by atoms with Gasteiger partial charge in [-0.2, -0.15) is 0 Å². The van der Waals surface area contributed by atoms with Crippen molar-refractivity contribution in [3.05, 3.63) is 0 Å². The van der Waals surface area contributed by atoms with Gasteiger partial charge in [-0.15, -0.1) is 0 Å². The maximum atomic E-state index is 10.5. The average Bonchev–Trinajstić information content (AvgIpc) is 2.48. The summed E-state index contributed by atoms with van der Waals surface area (Å²) in [5.74, 6) is -0.762. The molecule has 2 N–H and O–H groups in total. The van der Waals surface area contributed by atoms with Crippen molar-refractivity contribution >= 4 is 5.97 Å². The molecule has 0 aliphatic heterocycles. The molecule has 1 aliphatic rings. The zero-order chi connectivity index (χ0) is 9.90. The Morgan fingerprint density at radius 2 is 2.08 bits per heavy atom. The number of hydrogen-bond acceptors (Lipinski definition) is 2. The van der Waals surface area contributed by atoms with Gasteiger partial charge in [-0.3, -0.25) is 4.79 Å². The van der Waals surface area contributed by atoms with E-state index in [2.05, 4.69) is 12.2 Å². The second kappa shape index (κ2) is 4.09. The number of carbonyl (C=O) groups is 1. The van der Waals surface area contributed by atoms with E-state index in [1.807, 2.05) is 0 Å². The van der Waals surface area contributed by atoms with Crippen LogP contribution in [-0.4, -0.2) is 23.7 Å². The first-order valence-corrected chi connectivity index (χ1v) is 5.00. The Balaban J connectivity index is 2.28. The summed E-state index contributed by atoms with van der Waals surface area (Å²) in [5.41, 5.74) is 0.337. The summed E-state index contributed by atoms with van der Waals surface area (Å²) in [6.07, 6.45) is 5.04. The van der Waals surface area contributed by atoms with Gasteiger partial charge in [-0.25, -0.2) is 0 Å². The molecule has 0 heterocycles. The zero-order valence-electron chi connectivity index (χ0n) is 8.47. The lowest BCUT2D eigenvalue weighted by Gasteiger charge is -2.25. The Hall–Kier alpha value is -0.570. The lowest BCUT2D eigenvalue weighted by Crippen LogP contribution is -2.39. The lowest BCUT2D eigenvalue weighted by atomic mass is 9.89. The summed E-state index contributed by atoms with van der Waals surface area (Å²) in [5, 5.41) is 11.7. The second-order valence-corrected chi connectivity index (χ2v) is 4.46. The van der Waals surface area contributed by atoms with Gasteiger partial charge in [-0.05, 0) is 25.2 Å². The minimum absolute atomic E-state index is 0.337. The molecule has 0 spiro atoms. The zero-order valence-corrected chi connectivity index (χ0v) is 8.47. The van der Waals surface area contributed by atoms with Crippen LogP contribution in [0.3, 0.4) is 0 Å². The number of aliphatic carboxylic acids is 1. The fourth-order valence-corrected chi connectivity index (χ4v) is 1.89. The summed E-state index contributed by atoms with van der Waals surface area (Å²) in [6, 6.07) is -0.419. The Bertz CT molecular complexity index is 185. The van der Waals surface area contributed by atoms with E-state index < -0.39 is 12.0 Å². The van der Waals surface area contributed by atoms with Gasteiger partial charge in [0.25, 0.3) is 0 Å². The second-order valence-electron chi connectivity index (χ2n) is 4.46. The molecule has 1 unspecified atom stereocenters. The fourth-order valence-electron chi connectivity index (χ4n) is 1.89. The summed E-state index contributed by atoms with van der Waals surface area (Å²) in [6.45, 7) is 4.77. The van der Waals surface area contributed by atoms with Crippen molar-refractivity contribution in [3.63, 3.8) is 0 Å². The van der Waals surface area contributed by atoms with Crippen molar-refractivity contribution in [1.29, 1.82) is 0 Å². The highest BCUT2D eigenvalue weighted by atomic mass is 16.4. The van der Waals surface area contributed by atoms with E-state index in [0.29, 0.717) is 5.41 Å². The molecule has 1 fully saturated rings. The van der Waals surface area contributed by atoms with Gasteiger partial charge >= 0.3 is 5.97 Å². The molecule has 1 saturated carbocycles. The minimum Gasteiger partial charge on any atom is -0.480 e. The van der Waals surface area contributed by atoms with Crippen LogP contribution in [0.25, 0.3) is 0 Å². The molecule has 3 nitrogen and oxygen atoms in total. The van der Waals surface area contributed by atoms with E-state index >= 15 is 0 Å². The molecule has 0 aromatic heterocycles. The standard InChI is InChI=1S/C10H19NO2/c1-8(9(12)13)11-7-10(2)5-3-4-6-10/h8,11H,3-7H2,1-2H3,(H,12,13). The third-order valence-electron chi connectivity index (χ3n) is 3.02. The van der Waals surface area contributed by atoms with E-state index in [4.69, 9.17) is 5.11 Å². The molecule has 13 heavy (non-hydrogen) atoms. The van der Waals surface area contributed by atoms with Gasteiger partial charge < -0.3 is 10.4 Å². The van der Waals surface area contributed by atoms with Crippen molar-refractivity contribution in [2.75, 3.05) is 6.54 Å². The van der Waals surface area contributed by atoms with Crippen LogP contribution < -0.4 is 5.32 Å². The van der Waals surface area contributed by atoms with Crippen LogP contribution >= 0.6 is 0 Å². The topological polar surface area (TPSA) is 49.3 Å². The highest BCUT2D eigenvalue weighted by Gasteiger charge is 2.29. The summed E-state index contributed by atoms with van der Waals surface area (Å²) in [7, 11) is 0. The first-order valence-electron chi connectivity index (χ1n) is 5.00. The molecule has 76 valence electrons. The highest BCUT2D eigenvalue weighted by molar-refractivity contribution is 5.72. The first-order chi connectivity index (χ1) is 6.03. The highest BCUT2D eigenvalue weighted by Crippen LogP contribution is 2.36. The fraction of sp³-hybridized carbons (Fsp3) is 0.900. The van der Waals surface area contributed by atoms with Crippen molar-refractivity contribution in [3.8, 4) is 0 Å². The molecule has 0 amide bonds. The predicted molar refractivity (Wildman–Crippen MR) is 51.7 cm³/mol. The van der Waals surface area contributed by atoms with Crippen molar-refractivity contribution in [1.82, 2.24) is 5.32 Å². The number of rotatable bonds is 4. The molecule has 0 bridgehead atoms. The Morgan fingerprint density at radius 1 is 1.54 bits per heavy atom. The normalized spacial score (nSPS) is 22.9. The van der Waals surface area contributed by atoms with Gasteiger partial charge in [0.15, 0.2) is 0 Å². The van der Waals surface area contributed by atoms with Crippen molar-refractivity contribution < 1.29 is 9.90 Å². The largest absolute Gasteiger partial charge is 0.480 e. The van der Waals surface area contributed by atoms with Crippen LogP contribution in [0.15, 0.2) is 0 Å². The van der Waals surface area contributed by atoms with Gasteiger partial charge in [0.05, 0.1) is 0 Å². The molecule has 1 aliphatic carbocycles. The Morgan fingerprint density at radius 3 is 2.54 bits per heavy atom. The molecular formula is C10H19NO2. The lowest BCUT2D eigenvalue weighted by molar-refractivity contribution is -0.139. The summed E-state index contributed by atoms with van der Waals surface area (Å²) in [4.78, 5) is 10.5. The Labute approximate surface area is 79.5 Å². The third-order valence-corrected chi connectivity index (χ3v) is 3.02. The van der Waals surface area contributed by atoms with Crippen molar-refractivity contribution in [2.45, 2.75) is 45.6 Å². The van der Waals surface area contributed by atoms with Crippen LogP contribution in [-0.2, 0) is 4.79 Å². The van der Waals surface area contributed by atoms with Gasteiger partial charge in [0, 0.05) is 6.54 Å². The maximum absolute atomic E-state index is 10.5. The van der Waals surface area contributed by atoms with E-state index in [1.165, 1.54) is 25.7 Å². The number of nitrogens with one attached hydrogen (secondary N) is 1. The van der Waals surface area contributed by atoms with Crippen LogP contribution in [0, 0.1) is 5.41 Å². The number of carboxylic acids is 1. The molecular weight excluding hydrogens is 166 g/mol.